The highest BCUT2D eigenvalue weighted by Crippen LogP contribution is 2.33. The third-order valence-corrected chi connectivity index (χ3v) is 3.77. The van der Waals surface area contributed by atoms with E-state index < -0.39 is 5.97 Å². The Labute approximate surface area is 136 Å². The molecular weight excluding hydrogens is 354 g/mol. The molecule has 0 unspecified atom stereocenters. The van der Waals surface area contributed by atoms with Crippen LogP contribution in [0.2, 0.25) is 0 Å². The molecule has 0 spiro atoms. The molecule has 0 bridgehead atoms. The molecule has 0 N–H and O–H groups in total. The molecule has 0 aliphatic heterocycles. The Kier molecular flexibility index (Phi) is 5.07. The van der Waals surface area contributed by atoms with Gasteiger partial charge in [0.2, 0.25) is 0 Å². The Morgan fingerprint density at radius 1 is 1.23 bits per heavy atom. The Morgan fingerprint density at radius 2 is 1.91 bits per heavy atom. The first kappa shape index (κ1) is 16.4. The number of hydrogen-bond donors (Lipinski definition) is 0. The summed E-state index contributed by atoms with van der Waals surface area (Å²) in [7, 11) is 3.11. The van der Waals surface area contributed by atoms with E-state index in [1.807, 2.05) is 0 Å². The van der Waals surface area contributed by atoms with Crippen molar-refractivity contribution in [3.05, 3.63) is 39.2 Å². The number of aryl methyl sites for hydroxylation is 2. The van der Waals surface area contributed by atoms with Crippen molar-refractivity contribution >= 4 is 21.9 Å². The smallest absolute Gasteiger partial charge is 0.344 e. The van der Waals surface area contributed by atoms with Gasteiger partial charge in [-0.15, -0.1) is 0 Å². The fourth-order valence-electron chi connectivity index (χ4n) is 2.03. The molecule has 0 radical (unpaired) electrons. The Balaban J connectivity index is 2.19. The van der Waals surface area contributed by atoms with Crippen molar-refractivity contribution in [3.8, 4) is 11.5 Å². The van der Waals surface area contributed by atoms with Crippen LogP contribution >= 0.6 is 15.9 Å². The standard InChI is InChI=1S/C15H16BrNO5/c1-8-14(9(2)22-17-8)15(18)21-7-10-5-13(20-4)11(16)6-12(10)19-3/h5-6H,7H2,1-4H3. The molecule has 22 heavy (non-hydrogen) atoms. The van der Waals surface area contributed by atoms with Gasteiger partial charge in [0.05, 0.1) is 24.4 Å². The molecule has 1 heterocycles. The second-order valence-corrected chi connectivity index (χ2v) is 5.43. The monoisotopic (exact) mass is 369 g/mol. The summed E-state index contributed by atoms with van der Waals surface area (Å²) in [4.78, 5) is 12.1. The van der Waals surface area contributed by atoms with Crippen LogP contribution in [0, 0.1) is 13.8 Å². The first-order chi connectivity index (χ1) is 10.5. The van der Waals surface area contributed by atoms with E-state index in [-0.39, 0.29) is 6.61 Å². The molecule has 6 nitrogen and oxygen atoms in total. The van der Waals surface area contributed by atoms with Crippen molar-refractivity contribution in [1.29, 1.82) is 0 Å². The number of rotatable bonds is 5. The molecule has 118 valence electrons. The maximum atomic E-state index is 12.1. The molecule has 0 amide bonds. The number of carbonyl (C=O) groups excluding carboxylic acids is 1. The number of hydrogen-bond acceptors (Lipinski definition) is 6. The van der Waals surface area contributed by atoms with E-state index in [2.05, 4.69) is 21.1 Å². The maximum absolute atomic E-state index is 12.1. The van der Waals surface area contributed by atoms with Crippen molar-refractivity contribution < 1.29 is 23.5 Å². The van der Waals surface area contributed by atoms with Crippen molar-refractivity contribution in [2.45, 2.75) is 20.5 Å². The lowest BCUT2D eigenvalue weighted by molar-refractivity contribution is 0.0467. The Morgan fingerprint density at radius 3 is 2.45 bits per heavy atom. The number of halogens is 1. The third-order valence-electron chi connectivity index (χ3n) is 3.15. The van der Waals surface area contributed by atoms with Crippen molar-refractivity contribution in [2.75, 3.05) is 14.2 Å². The average Bonchev–Trinajstić information content (AvgIpc) is 2.84. The van der Waals surface area contributed by atoms with Crippen LogP contribution in [-0.4, -0.2) is 25.3 Å². The van der Waals surface area contributed by atoms with E-state index in [1.165, 1.54) is 0 Å². The van der Waals surface area contributed by atoms with Crippen LogP contribution in [0.4, 0.5) is 0 Å². The summed E-state index contributed by atoms with van der Waals surface area (Å²) in [5.41, 5.74) is 1.55. The molecule has 7 heteroatoms. The quantitative estimate of drug-likeness (QED) is 0.751. The summed E-state index contributed by atoms with van der Waals surface area (Å²) in [6, 6.07) is 3.52. The number of aromatic nitrogens is 1. The van der Waals surface area contributed by atoms with Gasteiger partial charge in [-0.05, 0) is 41.9 Å². The Bertz CT molecular complexity index is 676. The predicted molar refractivity (Wildman–Crippen MR) is 82.3 cm³/mol. The van der Waals surface area contributed by atoms with Gasteiger partial charge in [-0.3, -0.25) is 0 Å². The molecule has 2 rings (SSSR count). The topological polar surface area (TPSA) is 70.8 Å². The lowest BCUT2D eigenvalue weighted by Crippen LogP contribution is -2.08. The van der Waals surface area contributed by atoms with Crippen LogP contribution in [0.25, 0.3) is 0 Å². The number of esters is 1. The summed E-state index contributed by atoms with van der Waals surface area (Å²) in [6.45, 7) is 3.41. The van der Waals surface area contributed by atoms with E-state index in [0.717, 1.165) is 4.47 Å². The number of benzene rings is 1. The van der Waals surface area contributed by atoms with Gasteiger partial charge in [0, 0.05) is 5.56 Å². The zero-order chi connectivity index (χ0) is 16.3. The highest BCUT2D eigenvalue weighted by Gasteiger charge is 2.20. The van der Waals surface area contributed by atoms with E-state index in [9.17, 15) is 4.79 Å². The SMILES string of the molecule is COc1cc(COC(=O)c2c(C)noc2C)c(OC)cc1Br. The van der Waals surface area contributed by atoms with Crippen LogP contribution in [0.5, 0.6) is 11.5 Å². The summed E-state index contributed by atoms with van der Waals surface area (Å²) < 4.78 is 21.6. The Hall–Kier alpha value is -2.02. The number of methoxy groups -OCH3 is 2. The van der Waals surface area contributed by atoms with Gasteiger partial charge in [-0.1, -0.05) is 5.16 Å². The van der Waals surface area contributed by atoms with Gasteiger partial charge in [0.1, 0.15) is 29.4 Å². The lowest BCUT2D eigenvalue weighted by atomic mass is 10.2. The number of carbonyl (C=O) groups is 1. The fraction of sp³-hybridized carbons (Fsp3) is 0.333. The zero-order valence-corrected chi connectivity index (χ0v) is 14.3. The first-order valence-electron chi connectivity index (χ1n) is 6.48. The molecule has 0 saturated heterocycles. The second kappa shape index (κ2) is 6.83. The van der Waals surface area contributed by atoms with Crippen LogP contribution < -0.4 is 9.47 Å². The fourth-order valence-corrected chi connectivity index (χ4v) is 2.51. The van der Waals surface area contributed by atoms with E-state index in [0.29, 0.717) is 34.1 Å². The van der Waals surface area contributed by atoms with Gasteiger partial charge in [0.25, 0.3) is 0 Å². The molecule has 0 fully saturated rings. The molecule has 0 saturated carbocycles. The van der Waals surface area contributed by atoms with Crippen LogP contribution in [0.3, 0.4) is 0 Å². The average molecular weight is 370 g/mol. The van der Waals surface area contributed by atoms with E-state index in [1.54, 1.807) is 40.2 Å². The van der Waals surface area contributed by atoms with Gasteiger partial charge in [0.15, 0.2) is 0 Å². The van der Waals surface area contributed by atoms with Gasteiger partial charge < -0.3 is 18.7 Å². The molecule has 1 aromatic carbocycles. The van der Waals surface area contributed by atoms with E-state index in [4.69, 9.17) is 18.7 Å². The van der Waals surface area contributed by atoms with Gasteiger partial charge >= 0.3 is 5.97 Å². The largest absolute Gasteiger partial charge is 0.496 e. The molecule has 0 aliphatic carbocycles. The van der Waals surface area contributed by atoms with Crippen molar-refractivity contribution in [1.82, 2.24) is 5.16 Å². The molecule has 0 aliphatic rings. The predicted octanol–water partition coefficient (Wildman–Crippen LogP) is 3.43. The number of ether oxygens (including phenoxy) is 3. The van der Waals surface area contributed by atoms with Gasteiger partial charge in [-0.2, -0.15) is 0 Å². The number of nitrogens with zero attached hydrogens (tertiary/aromatic N) is 1. The van der Waals surface area contributed by atoms with E-state index >= 15 is 0 Å². The van der Waals surface area contributed by atoms with Crippen molar-refractivity contribution in [3.63, 3.8) is 0 Å². The van der Waals surface area contributed by atoms with Crippen molar-refractivity contribution in [2.24, 2.45) is 0 Å². The van der Waals surface area contributed by atoms with Gasteiger partial charge in [-0.25, -0.2) is 4.79 Å². The summed E-state index contributed by atoms with van der Waals surface area (Å²) in [5, 5.41) is 3.74. The minimum absolute atomic E-state index is 0.0513. The van der Waals surface area contributed by atoms with Crippen LogP contribution in [-0.2, 0) is 11.3 Å². The molecule has 1 aromatic heterocycles. The summed E-state index contributed by atoms with van der Waals surface area (Å²) in [6.07, 6.45) is 0. The minimum atomic E-state index is -0.486. The highest BCUT2D eigenvalue weighted by molar-refractivity contribution is 9.10. The molecular formula is C15H16BrNO5. The normalized spacial score (nSPS) is 10.4. The maximum Gasteiger partial charge on any atom is 0.344 e. The third kappa shape index (κ3) is 3.24. The summed E-state index contributed by atoms with van der Waals surface area (Å²) in [5.74, 6) is 1.17. The lowest BCUT2D eigenvalue weighted by Gasteiger charge is -2.12. The van der Waals surface area contributed by atoms with Crippen LogP contribution in [0.15, 0.2) is 21.1 Å². The summed E-state index contributed by atoms with van der Waals surface area (Å²) >= 11 is 3.38. The molecule has 2 aromatic rings. The second-order valence-electron chi connectivity index (χ2n) is 4.57. The first-order valence-corrected chi connectivity index (χ1v) is 7.27. The molecule has 0 atom stereocenters. The highest BCUT2D eigenvalue weighted by atomic mass is 79.9. The minimum Gasteiger partial charge on any atom is -0.496 e. The zero-order valence-electron chi connectivity index (χ0n) is 12.7. The van der Waals surface area contributed by atoms with Crippen LogP contribution in [0.1, 0.15) is 27.4 Å².